The van der Waals surface area contributed by atoms with E-state index in [1.54, 1.807) is 25.4 Å². The van der Waals surface area contributed by atoms with Crippen molar-refractivity contribution in [1.29, 1.82) is 0 Å². The number of rotatable bonds is 4. The molecule has 0 amide bonds. The number of hydrogen-bond acceptors (Lipinski definition) is 5. The van der Waals surface area contributed by atoms with Crippen LogP contribution in [0.15, 0.2) is 42.6 Å². The van der Waals surface area contributed by atoms with Gasteiger partial charge in [0.25, 0.3) is 0 Å². The third kappa shape index (κ3) is 3.58. The van der Waals surface area contributed by atoms with E-state index in [4.69, 9.17) is 11.6 Å². The summed E-state index contributed by atoms with van der Waals surface area (Å²) >= 11 is 6.39. The Morgan fingerprint density at radius 3 is 2.82 bits per heavy atom. The Bertz CT molecular complexity index is 1150. The molecule has 0 atom stereocenters. The first-order valence-corrected chi connectivity index (χ1v) is 8.34. The molecular formula is C17H12ClF3N6O. The Hall–Kier alpha value is -3.27. The fourth-order valence-electron chi connectivity index (χ4n) is 2.65. The highest BCUT2D eigenvalue weighted by Gasteiger charge is 2.31. The second-order valence-corrected chi connectivity index (χ2v) is 6.22. The number of halogens is 4. The molecule has 2 aromatic heterocycles. The normalized spacial score (nSPS) is 11.8. The van der Waals surface area contributed by atoms with E-state index in [1.165, 1.54) is 22.9 Å². The monoisotopic (exact) mass is 408 g/mol. The smallest absolute Gasteiger partial charge is 0.406 e. The largest absolute Gasteiger partial charge is 0.573 e. The Balaban J connectivity index is 1.63. The van der Waals surface area contributed by atoms with E-state index in [2.05, 4.69) is 30.3 Å². The van der Waals surface area contributed by atoms with Crippen molar-refractivity contribution in [2.75, 3.05) is 5.32 Å². The summed E-state index contributed by atoms with van der Waals surface area (Å²) in [4.78, 5) is 4.34. The topological polar surface area (TPSA) is 80.6 Å². The first-order chi connectivity index (χ1) is 13.3. The highest BCUT2D eigenvalue weighted by atomic mass is 35.5. The van der Waals surface area contributed by atoms with E-state index in [9.17, 15) is 13.2 Å². The van der Waals surface area contributed by atoms with Crippen LogP contribution in [-0.4, -0.2) is 31.3 Å². The summed E-state index contributed by atoms with van der Waals surface area (Å²) in [5.74, 6) is 0.250. The molecule has 11 heteroatoms. The van der Waals surface area contributed by atoms with Gasteiger partial charge in [0.2, 0.25) is 5.95 Å². The molecule has 7 nitrogen and oxygen atoms in total. The van der Waals surface area contributed by atoms with Crippen LogP contribution < -0.4 is 10.1 Å². The average molecular weight is 409 g/mol. The maximum Gasteiger partial charge on any atom is 0.573 e. The van der Waals surface area contributed by atoms with Gasteiger partial charge in [-0.05, 0) is 24.3 Å². The van der Waals surface area contributed by atoms with Crippen LogP contribution in [0.3, 0.4) is 0 Å². The van der Waals surface area contributed by atoms with Crippen molar-refractivity contribution in [3.63, 3.8) is 0 Å². The molecule has 0 aliphatic carbocycles. The molecule has 2 N–H and O–H groups in total. The number of nitrogens with one attached hydrogen (secondary N) is 2. The molecule has 4 rings (SSSR count). The first-order valence-electron chi connectivity index (χ1n) is 7.96. The van der Waals surface area contributed by atoms with Crippen LogP contribution in [0.5, 0.6) is 5.75 Å². The van der Waals surface area contributed by atoms with Crippen molar-refractivity contribution < 1.29 is 17.9 Å². The summed E-state index contributed by atoms with van der Waals surface area (Å²) in [5.41, 5.74) is 1.75. The Morgan fingerprint density at radius 1 is 1.21 bits per heavy atom. The number of anilines is 2. The van der Waals surface area contributed by atoms with Gasteiger partial charge >= 0.3 is 6.36 Å². The molecule has 0 bridgehead atoms. The number of H-pyrrole nitrogens is 1. The highest BCUT2D eigenvalue weighted by Crippen LogP contribution is 2.32. The fraction of sp³-hybridized carbons (Fsp3) is 0.118. The van der Waals surface area contributed by atoms with E-state index in [0.717, 1.165) is 10.9 Å². The number of aromatic amines is 1. The zero-order chi connectivity index (χ0) is 19.9. The number of benzene rings is 2. The minimum absolute atomic E-state index is 0.234. The van der Waals surface area contributed by atoms with Crippen LogP contribution in [0, 0.1) is 0 Å². The molecule has 2 heterocycles. The Kier molecular flexibility index (Phi) is 4.34. The molecule has 144 valence electrons. The lowest BCUT2D eigenvalue weighted by Gasteiger charge is -2.09. The molecule has 0 radical (unpaired) electrons. The van der Waals surface area contributed by atoms with E-state index in [0.29, 0.717) is 22.2 Å². The zero-order valence-electron chi connectivity index (χ0n) is 14.3. The van der Waals surface area contributed by atoms with Crippen LogP contribution in [0.4, 0.5) is 24.8 Å². The lowest BCUT2D eigenvalue weighted by Crippen LogP contribution is -2.17. The van der Waals surface area contributed by atoms with Gasteiger partial charge < -0.3 is 10.1 Å². The third-order valence-corrected chi connectivity index (χ3v) is 4.30. The average Bonchev–Trinajstić information content (AvgIpc) is 3.24. The van der Waals surface area contributed by atoms with Gasteiger partial charge in [0.15, 0.2) is 5.82 Å². The van der Waals surface area contributed by atoms with Gasteiger partial charge in [0.1, 0.15) is 5.75 Å². The molecule has 0 saturated carbocycles. The summed E-state index contributed by atoms with van der Waals surface area (Å²) in [6, 6.07) is 9.02. The van der Waals surface area contributed by atoms with Crippen LogP contribution in [0.2, 0.25) is 5.02 Å². The Labute approximate surface area is 161 Å². The molecular weight excluding hydrogens is 397 g/mol. The van der Waals surface area contributed by atoms with Gasteiger partial charge in [-0.25, -0.2) is 4.68 Å². The second kappa shape index (κ2) is 6.71. The maximum atomic E-state index is 12.4. The fourth-order valence-corrected chi connectivity index (χ4v) is 2.91. The number of alkyl halides is 3. The van der Waals surface area contributed by atoms with Gasteiger partial charge in [-0.1, -0.05) is 23.7 Å². The molecule has 0 spiro atoms. The van der Waals surface area contributed by atoms with Gasteiger partial charge in [0.05, 0.1) is 22.4 Å². The molecule has 2 aromatic carbocycles. The number of fused-ring (bicyclic) bond motifs is 1. The predicted molar refractivity (Wildman–Crippen MR) is 97.5 cm³/mol. The van der Waals surface area contributed by atoms with E-state index in [1.807, 2.05) is 6.07 Å². The zero-order valence-corrected chi connectivity index (χ0v) is 15.0. The van der Waals surface area contributed by atoms with Crippen molar-refractivity contribution in [2.45, 2.75) is 6.36 Å². The number of aryl methyl sites for hydroxylation is 1. The van der Waals surface area contributed by atoms with E-state index in [-0.39, 0.29) is 11.6 Å². The van der Waals surface area contributed by atoms with E-state index >= 15 is 0 Å². The molecule has 0 fully saturated rings. The SMILES string of the molecule is Cn1nc(-c2cccc(OC(F)(F)F)c2)nc1Nc1ccc2[nH]ncc2c1Cl. The molecule has 28 heavy (non-hydrogen) atoms. The minimum Gasteiger partial charge on any atom is -0.406 e. The van der Waals surface area contributed by atoms with Crippen molar-refractivity contribution >= 4 is 34.1 Å². The summed E-state index contributed by atoms with van der Waals surface area (Å²) < 4.78 is 42.7. The number of ether oxygens (including phenoxy) is 1. The lowest BCUT2D eigenvalue weighted by molar-refractivity contribution is -0.274. The molecule has 0 aliphatic heterocycles. The number of aromatic nitrogens is 5. The van der Waals surface area contributed by atoms with Crippen LogP contribution in [0.1, 0.15) is 0 Å². The molecule has 4 aromatic rings. The van der Waals surface area contributed by atoms with E-state index < -0.39 is 6.36 Å². The molecule has 0 saturated heterocycles. The summed E-state index contributed by atoms with van der Waals surface area (Å²) in [7, 11) is 1.65. The second-order valence-electron chi connectivity index (χ2n) is 5.84. The number of nitrogens with zero attached hydrogens (tertiary/aromatic N) is 4. The van der Waals surface area contributed by atoms with Crippen molar-refractivity contribution in [3.8, 4) is 17.1 Å². The standard InChI is InChI=1S/C17H12ClF3N6O/c1-27-16(23-13-6-5-12-11(14(13)18)8-22-25-12)24-15(26-27)9-3-2-4-10(7-9)28-17(19,20)21/h2-8H,1H3,(H,22,25)(H,23,24,26). The Morgan fingerprint density at radius 2 is 2.04 bits per heavy atom. The van der Waals surface area contributed by atoms with Gasteiger partial charge in [-0.2, -0.15) is 10.1 Å². The van der Waals surface area contributed by atoms with Crippen molar-refractivity contribution in [2.24, 2.45) is 7.05 Å². The van der Waals surface area contributed by atoms with Gasteiger partial charge in [-0.3, -0.25) is 5.10 Å². The number of hydrogen-bond donors (Lipinski definition) is 2. The summed E-state index contributed by atoms with van der Waals surface area (Å²) in [6.07, 6.45) is -3.16. The van der Waals surface area contributed by atoms with Crippen LogP contribution >= 0.6 is 11.6 Å². The molecule has 0 aliphatic rings. The van der Waals surface area contributed by atoms with Crippen molar-refractivity contribution in [3.05, 3.63) is 47.6 Å². The maximum absolute atomic E-state index is 12.4. The third-order valence-electron chi connectivity index (χ3n) is 3.89. The molecule has 0 unspecified atom stereocenters. The summed E-state index contributed by atoms with van der Waals surface area (Å²) in [5, 5.41) is 15.3. The predicted octanol–water partition coefficient (Wildman–Crippen LogP) is 4.65. The lowest BCUT2D eigenvalue weighted by atomic mass is 10.2. The first kappa shape index (κ1) is 18.1. The quantitative estimate of drug-likeness (QED) is 0.513. The minimum atomic E-state index is -4.77. The van der Waals surface area contributed by atoms with Gasteiger partial charge in [0, 0.05) is 18.0 Å². The van der Waals surface area contributed by atoms with Crippen LogP contribution in [-0.2, 0) is 7.05 Å². The highest BCUT2D eigenvalue weighted by molar-refractivity contribution is 6.38. The van der Waals surface area contributed by atoms with Crippen molar-refractivity contribution in [1.82, 2.24) is 25.0 Å². The van der Waals surface area contributed by atoms with Gasteiger partial charge in [-0.15, -0.1) is 18.3 Å². The summed E-state index contributed by atoms with van der Waals surface area (Å²) in [6.45, 7) is 0. The van der Waals surface area contributed by atoms with Crippen LogP contribution in [0.25, 0.3) is 22.3 Å².